The van der Waals surface area contributed by atoms with Gasteiger partial charge in [0.1, 0.15) is 0 Å². The molecular formula is C13H29NSi2. The Kier molecular flexibility index (Phi) is 4.28. The topological polar surface area (TPSA) is 23.8 Å². The molecule has 0 aromatic rings. The molecule has 0 aromatic carbocycles. The van der Waals surface area contributed by atoms with Crippen LogP contribution in [0.1, 0.15) is 41.5 Å². The third-order valence-electron chi connectivity index (χ3n) is 4.73. The fourth-order valence-electron chi connectivity index (χ4n) is 1.62. The lowest BCUT2D eigenvalue weighted by Gasteiger charge is -2.44. The van der Waals surface area contributed by atoms with Gasteiger partial charge in [0.15, 0.2) is 8.07 Å². The van der Waals surface area contributed by atoms with Crippen molar-refractivity contribution in [2.45, 2.75) is 76.9 Å². The van der Waals surface area contributed by atoms with E-state index in [1.54, 1.807) is 0 Å². The Morgan fingerprint density at radius 3 is 1.44 bits per heavy atom. The molecule has 3 heteroatoms. The lowest BCUT2D eigenvalue weighted by molar-refractivity contribution is 0.705. The van der Waals surface area contributed by atoms with Gasteiger partial charge in [0.05, 0.1) is 8.07 Å². The van der Waals surface area contributed by atoms with Gasteiger partial charge in [-0.25, -0.2) is 5.26 Å². The fraction of sp³-hybridized carbons (Fsp3) is 0.923. The SMILES string of the molecule is CC(C)(C)[Si](C)(C)C[Si](C)(C#N)C(C)(C)C. The molecule has 0 aliphatic heterocycles. The molecule has 16 heavy (non-hydrogen) atoms. The molecule has 0 N–H and O–H groups in total. The van der Waals surface area contributed by atoms with E-state index in [1.807, 2.05) is 0 Å². The van der Waals surface area contributed by atoms with E-state index >= 15 is 0 Å². The summed E-state index contributed by atoms with van der Waals surface area (Å²) in [6.07, 6.45) is 0. The van der Waals surface area contributed by atoms with Crippen molar-refractivity contribution >= 4 is 16.1 Å². The smallest absolute Gasteiger partial charge is 0.173 e. The van der Waals surface area contributed by atoms with Gasteiger partial charge >= 0.3 is 0 Å². The molecule has 0 amide bonds. The maximum Gasteiger partial charge on any atom is 0.173 e. The predicted octanol–water partition coefficient (Wildman–Crippen LogP) is 4.98. The molecule has 0 rings (SSSR count). The molecule has 94 valence electrons. The first-order chi connectivity index (χ1) is 6.77. The summed E-state index contributed by atoms with van der Waals surface area (Å²) in [7, 11) is -3.13. The number of nitrogens with zero attached hydrogens (tertiary/aromatic N) is 1. The van der Waals surface area contributed by atoms with Gasteiger partial charge in [0.2, 0.25) is 0 Å². The molecular weight excluding hydrogens is 226 g/mol. The molecule has 1 unspecified atom stereocenters. The Labute approximate surface area is 104 Å². The molecule has 0 spiro atoms. The number of hydrogen-bond donors (Lipinski definition) is 0. The molecule has 0 aromatic heterocycles. The lowest BCUT2D eigenvalue weighted by atomic mass is 10.2. The van der Waals surface area contributed by atoms with E-state index in [0.717, 1.165) is 0 Å². The van der Waals surface area contributed by atoms with Crippen molar-refractivity contribution in [3.63, 3.8) is 0 Å². The third-order valence-corrected chi connectivity index (χ3v) is 19.0. The first-order valence-electron chi connectivity index (χ1n) is 6.18. The average Bonchev–Trinajstić information content (AvgIpc) is 1.99. The van der Waals surface area contributed by atoms with Crippen LogP contribution in [0.2, 0.25) is 35.4 Å². The normalized spacial score (nSPS) is 17.8. The molecule has 0 saturated carbocycles. The van der Waals surface area contributed by atoms with Gasteiger partial charge in [-0.1, -0.05) is 61.2 Å². The molecule has 0 aliphatic rings. The van der Waals surface area contributed by atoms with E-state index in [-0.39, 0.29) is 5.04 Å². The van der Waals surface area contributed by atoms with Crippen LogP contribution in [0.5, 0.6) is 0 Å². The second-order valence-corrected chi connectivity index (χ2v) is 19.1. The Hall–Kier alpha value is -0.0762. The maximum absolute atomic E-state index is 9.58. The van der Waals surface area contributed by atoms with E-state index in [0.29, 0.717) is 5.04 Å². The van der Waals surface area contributed by atoms with Crippen molar-refractivity contribution < 1.29 is 0 Å². The van der Waals surface area contributed by atoms with Gasteiger partial charge in [0, 0.05) is 5.69 Å². The molecule has 0 saturated heterocycles. The van der Waals surface area contributed by atoms with E-state index in [1.165, 1.54) is 5.67 Å². The summed E-state index contributed by atoms with van der Waals surface area (Å²) in [6, 6.07) is 0. The van der Waals surface area contributed by atoms with Gasteiger partial charge in [-0.3, -0.25) is 0 Å². The van der Waals surface area contributed by atoms with Crippen LogP contribution in [-0.2, 0) is 0 Å². The summed E-state index contributed by atoms with van der Waals surface area (Å²) in [6.45, 7) is 20.9. The Morgan fingerprint density at radius 2 is 1.25 bits per heavy atom. The van der Waals surface area contributed by atoms with Crippen LogP contribution < -0.4 is 0 Å². The summed E-state index contributed by atoms with van der Waals surface area (Å²) in [5, 5.41) is 10.2. The van der Waals surface area contributed by atoms with Gasteiger partial charge in [0.25, 0.3) is 0 Å². The summed E-state index contributed by atoms with van der Waals surface area (Å²) < 4.78 is 0. The second kappa shape index (κ2) is 4.31. The highest BCUT2D eigenvalue weighted by molar-refractivity contribution is 7.01. The number of nitriles is 1. The van der Waals surface area contributed by atoms with Crippen LogP contribution in [0.15, 0.2) is 0 Å². The van der Waals surface area contributed by atoms with Crippen LogP contribution in [-0.4, -0.2) is 16.1 Å². The van der Waals surface area contributed by atoms with Crippen LogP contribution in [0.4, 0.5) is 0 Å². The Bertz CT molecular complexity index is 289. The van der Waals surface area contributed by atoms with E-state index in [2.05, 4.69) is 66.9 Å². The van der Waals surface area contributed by atoms with Crippen LogP contribution in [0.3, 0.4) is 0 Å². The zero-order chi connectivity index (χ0) is 13.4. The summed E-state index contributed by atoms with van der Waals surface area (Å²) >= 11 is 0. The van der Waals surface area contributed by atoms with Gasteiger partial charge in [-0.2, -0.15) is 0 Å². The van der Waals surface area contributed by atoms with Crippen LogP contribution in [0, 0.1) is 11.0 Å². The van der Waals surface area contributed by atoms with Crippen LogP contribution in [0.25, 0.3) is 0 Å². The monoisotopic (exact) mass is 255 g/mol. The summed E-state index contributed by atoms with van der Waals surface area (Å²) in [5.74, 6) is 0. The quantitative estimate of drug-likeness (QED) is 0.639. The second-order valence-electron chi connectivity index (χ2n) is 8.00. The van der Waals surface area contributed by atoms with E-state index in [9.17, 15) is 5.26 Å². The van der Waals surface area contributed by atoms with Crippen molar-refractivity contribution in [2.24, 2.45) is 0 Å². The first kappa shape index (κ1) is 15.9. The van der Waals surface area contributed by atoms with Crippen molar-refractivity contribution in [1.29, 1.82) is 5.26 Å². The average molecular weight is 256 g/mol. The van der Waals surface area contributed by atoms with Crippen molar-refractivity contribution in [2.75, 3.05) is 0 Å². The first-order valence-corrected chi connectivity index (χ1v) is 12.1. The molecule has 1 atom stereocenters. The zero-order valence-electron chi connectivity index (χ0n) is 12.7. The van der Waals surface area contributed by atoms with Gasteiger partial charge in [-0.15, -0.1) is 0 Å². The minimum absolute atomic E-state index is 0.192. The molecule has 0 radical (unpaired) electrons. The standard InChI is InChI=1S/C13H29NSi2/c1-12(2,3)15(7,8)11-16(9,10-14)13(4,5)6/h11H2,1-9H3. The molecule has 0 bridgehead atoms. The highest BCUT2D eigenvalue weighted by Crippen LogP contribution is 2.47. The van der Waals surface area contributed by atoms with Crippen molar-refractivity contribution in [1.82, 2.24) is 0 Å². The third kappa shape index (κ3) is 3.21. The predicted molar refractivity (Wildman–Crippen MR) is 79.0 cm³/mol. The molecule has 0 fully saturated rings. The summed E-state index contributed by atoms with van der Waals surface area (Å²) in [4.78, 5) is 0. The minimum atomic E-state index is -1.80. The fourth-order valence-corrected chi connectivity index (χ4v) is 13.6. The number of rotatable bonds is 2. The largest absolute Gasteiger partial charge is 0.207 e. The van der Waals surface area contributed by atoms with Crippen LogP contribution >= 0.6 is 0 Å². The molecule has 0 heterocycles. The molecule has 0 aliphatic carbocycles. The van der Waals surface area contributed by atoms with Crippen molar-refractivity contribution in [3.05, 3.63) is 0 Å². The number of hydrogen-bond acceptors (Lipinski definition) is 1. The highest BCUT2D eigenvalue weighted by Gasteiger charge is 2.48. The Morgan fingerprint density at radius 1 is 0.875 bits per heavy atom. The summed E-state index contributed by atoms with van der Waals surface area (Å²) in [5.41, 5.74) is 3.93. The Balaban J connectivity index is 5.19. The lowest BCUT2D eigenvalue weighted by Crippen LogP contribution is -2.51. The van der Waals surface area contributed by atoms with Gasteiger partial charge < -0.3 is 0 Å². The minimum Gasteiger partial charge on any atom is -0.207 e. The van der Waals surface area contributed by atoms with E-state index < -0.39 is 16.1 Å². The molecule has 1 nitrogen and oxygen atoms in total. The zero-order valence-corrected chi connectivity index (χ0v) is 14.7. The van der Waals surface area contributed by atoms with E-state index in [4.69, 9.17) is 0 Å². The maximum atomic E-state index is 9.58. The van der Waals surface area contributed by atoms with Gasteiger partial charge in [-0.05, 0) is 15.7 Å². The van der Waals surface area contributed by atoms with Crippen molar-refractivity contribution in [3.8, 4) is 5.69 Å². The highest BCUT2D eigenvalue weighted by atomic mass is 28.4.